The van der Waals surface area contributed by atoms with Gasteiger partial charge in [0.25, 0.3) is 0 Å². The molecule has 0 aromatic carbocycles. The van der Waals surface area contributed by atoms with Gasteiger partial charge >= 0.3 is 0 Å². The summed E-state index contributed by atoms with van der Waals surface area (Å²) in [6, 6.07) is 4.37. The van der Waals surface area contributed by atoms with Crippen LogP contribution in [0.1, 0.15) is 64.4 Å². The highest BCUT2D eigenvalue weighted by atomic mass is 32.1. The summed E-state index contributed by atoms with van der Waals surface area (Å²) in [6.07, 6.45) is 5.25. The maximum Gasteiger partial charge on any atom is 0.107 e. The van der Waals surface area contributed by atoms with E-state index in [4.69, 9.17) is 10.5 Å². The van der Waals surface area contributed by atoms with E-state index in [-0.39, 0.29) is 12.1 Å². The Hall–Kier alpha value is -0.380. The summed E-state index contributed by atoms with van der Waals surface area (Å²) in [5, 5.41) is 2.13. The Kier molecular flexibility index (Phi) is 3.96. The van der Waals surface area contributed by atoms with Crippen LogP contribution in [0.15, 0.2) is 17.5 Å². The summed E-state index contributed by atoms with van der Waals surface area (Å²) >= 11 is 1.77. The number of hydrogen-bond acceptors (Lipinski definition) is 3. The average molecular weight is 308 g/mol. The smallest absolute Gasteiger partial charge is 0.107 e. The van der Waals surface area contributed by atoms with Gasteiger partial charge in [-0.2, -0.15) is 0 Å². The number of ether oxygens (including phenoxy) is 1. The van der Waals surface area contributed by atoms with Crippen molar-refractivity contribution in [2.75, 3.05) is 0 Å². The van der Waals surface area contributed by atoms with Crippen molar-refractivity contribution in [3.8, 4) is 0 Å². The number of nitrogens with two attached hydrogens (primary N) is 1. The lowest BCUT2D eigenvalue weighted by Crippen LogP contribution is -2.40. The van der Waals surface area contributed by atoms with Crippen molar-refractivity contribution in [3.05, 3.63) is 22.4 Å². The zero-order valence-corrected chi connectivity index (χ0v) is 14.6. The molecule has 21 heavy (non-hydrogen) atoms. The van der Waals surface area contributed by atoms with E-state index in [1.165, 1.54) is 24.1 Å². The summed E-state index contributed by atoms with van der Waals surface area (Å²) in [5.41, 5.74) is 7.08. The number of hydrogen-bond donors (Lipinski definition) is 1. The van der Waals surface area contributed by atoms with E-state index in [1.54, 1.807) is 11.3 Å². The fraction of sp³-hybridized carbons (Fsp3) is 0.778. The molecule has 0 amide bonds. The molecule has 2 nitrogen and oxygen atoms in total. The van der Waals surface area contributed by atoms with Crippen LogP contribution in [0.3, 0.4) is 0 Å². The van der Waals surface area contributed by atoms with Crippen molar-refractivity contribution in [1.29, 1.82) is 0 Å². The third kappa shape index (κ3) is 2.29. The van der Waals surface area contributed by atoms with Gasteiger partial charge in [-0.15, -0.1) is 11.3 Å². The van der Waals surface area contributed by atoms with Crippen LogP contribution in [0, 0.1) is 16.7 Å². The fourth-order valence-electron chi connectivity index (χ4n) is 4.56. The van der Waals surface area contributed by atoms with Crippen molar-refractivity contribution < 1.29 is 4.74 Å². The van der Waals surface area contributed by atoms with E-state index in [0.29, 0.717) is 16.9 Å². The Bertz CT molecular complexity index is 483. The predicted molar refractivity (Wildman–Crippen MR) is 89.4 cm³/mol. The van der Waals surface area contributed by atoms with Crippen LogP contribution in [0.4, 0.5) is 0 Å². The molecule has 5 atom stereocenters. The van der Waals surface area contributed by atoms with Crippen LogP contribution < -0.4 is 5.73 Å². The van der Waals surface area contributed by atoms with E-state index in [2.05, 4.69) is 45.2 Å². The average Bonchev–Trinajstić information content (AvgIpc) is 3.09. The van der Waals surface area contributed by atoms with E-state index in [0.717, 1.165) is 12.3 Å². The second kappa shape index (κ2) is 5.36. The first-order valence-electron chi connectivity index (χ1n) is 8.34. The molecule has 118 valence electrons. The van der Waals surface area contributed by atoms with E-state index in [9.17, 15) is 0 Å². The quantitative estimate of drug-likeness (QED) is 0.851. The summed E-state index contributed by atoms with van der Waals surface area (Å²) in [7, 11) is 0. The van der Waals surface area contributed by atoms with Crippen LogP contribution in [0.25, 0.3) is 0 Å². The Morgan fingerprint density at radius 2 is 2.19 bits per heavy atom. The molecule has 3 rings (SSSR count). The fourth-order valence-corrected chi connectivity index (χ4v) is 5.40. The highest BCUT2D eigenvalue weighted by Gasteiger charge is 2.62. The lowest BCUT2D eigenvalue weighted by Gasteiger charge is -2.41. The van der Waals surface area contributed by atoms with Crippen molar-refractivity contribution >= 4 is 11.3 Å². The van der Waals surface area contributed by atoms with Crippen molar-refractivity contribution in [3.63, 3.8) is 0 Å². The Morgan fingerprint density at radius 1 is 1.43 bits per heavy atom. The third-order valence-corrected chi connectivity index (χ3v) is 7.64. The molecule has 2 bridgehead atoms. The normalized spacial score (nSPS) is 36.8. The van der Waals surface area contributed by atoms with Crippen LogP contribution in [-0.4, -0.2) is 12.1 Å². The molecule has 5 unspecified atom stereocenters. The minimum absolute atomic E-state index is 0.0620. The standard InChI is InChI=1S/C18H29NOS/c1-5-13(19)16(14-7-6-10-21-14)20-15-11-12-8-9-18(15,4)17(12,2)3/h6-7,10,12-13,15-16H,5,8-9,11,19H2,1-4H3. The zero-order valence-electron chi connectivity index (χ0n) is 13.8. The molecule has 3 heteroatoms. The molecule has 1 aromatic heterocycles. The topological polar surface area (TPSA) is 35.2 Å². The van der Waals surface area contributed by atoms with Crippen LogP contribution in [0.2, 0.25) is 0 Å². The lowest BCUT2D eigenvalue weighted by atomic mass is 9.70. The van der Waals surface area contributed by atoms with Gasteiger partial charge in [0.1, 0.15) is 6.10 Å². The van der Waals surface area contributed by atoms with Crippen LogP contribution in [-0.2, 0) is 4.74 Å². The van der Waals surface area contributed by atoms with E-state index < -0.39 is 0 Å². The summed E-state index contributed by atoms with van der Waals surface area (Å²) in [4.78, 5) is 1.29. The number of fused-ring (bicyclic) bond motifs is 2. The largest absolute Gasteiger partial charge is 0.367 e. The van der Waals surface area contributed by atoms with Gasteiger partial charge in [-0.1, -0.05) is 33.8 Å². The van der Waals surface area contributed by atoms with Gasteiger partial charge in [-0.05, 0) is 53.9 Å². The maximum absolute atomic E-state index is 6.67. The predicted octanol–water partition coefficient (Wildman–Crippen LogP) is 4.76. The molecule has 2 fully saturated rings. The molecule has 2 N–H and O–H groups in total. The Morgan fingerprint density at radius 3 is 2.67 bits per heavy atom. The first-order valence-corrected chi connectivity index (χ1v) is 9.22. The molecule has 1 aromatic rings. The van der Waals surface area contributed by atoms with Crippen molar-refractivity contribution in [2.24, 2.45) is 22.5 Å². The third-order valence-electron chi connectivity index (χ3n) is 6.71. The molecule has 0 radical (unpaired) electrons. The van der Waals surface area contributed by atoms with Gasteiger partial charge in [0.2, 0.25) is 0 Å². The first kappa shape index (κ1) is 15.5. The number of thiophene rings is 1. The van der Waals surface area contributed by atoms with E-state index in [1.807, 2.05) is 0 Å². The lowest BCUT2D eigenvalue weighted by molar-refractivity contribution is -0.0950. The van der Waals surface area contributed by atoms with Gasteiger partial charge in [0, 0.05) is 10.9 Å². The van der Waals surface area contributed by atoms with Crippen molar-refractivity contribution in [2.45, 2.75) is 71.6 Å². The summed E-state index contributed by atoms with van der Waals surface area (Å²) < 4.78 is 6.67. The van der Waals surface area contributed by atoms with Gasteiger partial charge in [-0.3, -0.25) is 0 Å². The minimum Gasteiger partial charge on any atom is -0.367 e. The summed E-state index contributed by atoms with van der Waals surface area (Å²) in [5.74, 6) is 0.814. The molecule has 2 saturated carbocycles. The second-order valence-corrected chi connectivity index (χ2v) is 8.72. The molecule has 0 saturated heterocycles. The van der Waals surface area contributed by atoms with Crippen LogP contribution in [0.5, 0.6) is 0 Å². The molecule has 1 heterocycles. The first-order chi connectivity index (χ1) is 9.90. The van der Waals surface area contributed by atoms with Gasteiger partial charge < -0.3 is 10.5 Å². The summed E-state index contributed by atoms with van der Waals surface area (Å²) in [6.45, 7) is 9.47. The SMILES string of the molecule is CCC(N)C(OC1CC2CCC1(C)C2(C)C)c1cccs1. The second-order valence-electron chi connectivity index (χ2n) is 7.74. The van der Waals surface area contributed by atoms with Crippen LogP contribution >= 0.6 is 11.3 Å². The number of rotatable bonds is 5. The highest BCUT2D eigenvalue weighted by molar-refractivity contribution is 7.10. The molecular formula is C18H29NOS. The molecule has 0 spiro atoms. The maximum atomic E-state index is 6.67. The van der Waals surface area contributed by atoms with E-state index >= 15 is 0 Å². The Labute approximate surface area is 133 Å². The molecule has 0 aliphatic heterocycles. The monoisotopic (exact) mass is 307 g/mol. The Balaban J connectivity index is 1.82. The van der Waals surface area contributed by atoms with Gasteiger partial charge in [0.15, 0.2) is 0 Å². The van der Waals surface area contributed by atoms with Gasteiger partial charge in [-0.25, -0.2) is 0 Å². The molecular weight excluding hydrogens is 278 g/mol. The van der Waals surface area contributed by atoms with Crippen molar-refractivity contribution in [1.82, 2.24) is 0 Å². The molecule has 2 aliphatic rings. The highest BCUT2D eigenvalue weighted by Crippen LogP contribution is 2.66. The molecule has 2 aliphatic carbocycles. The zero-order chi connectivity index (χ0) is 15.3. The minimum atomic E-state index is 0.0620. The van der Waals surface area contributed by atoms with Gasteiger partial charge in [0.05, 0.1) is 6.10 Å².